The molecule has 0 bridgehead atoms. The zero-order valence-electron chi connectivity index (χ0n) is 15.9. The molecule has 0 saturated carbocycles. The number of pyridine rings is 1. The van der Waals surface area contributed by atoms with Gasteiger partial charge in [0.25, 0.3) is 0 Å². The first-order valence-electron chi connectivity index (χ1n) is 9.26. The molecule has 28 heavy (non-hydrogen) atoms. The Balaban J connectivity index is 1.41. The molecule has 1 aromatic carbocycles. The largest absolute Gasteiger partial charge is 0.487 e. The number of rotatable bonds is 4. The second-order valence-corrected chi connectivity index (χ2v) is 7.51. The molecule has 2 N–H and O–H groups in total. The Hall–Kier alpha value is -3.35. The van der Waals surface area contributed by atoms with E-state index in [4.69, 9.17) is 4.74 Å². The average Bonchev–Trinajstić information content (AvgIpc) is 3.08. The zero-order valence-corrected chi connectivity index (χ0v) is 15.9. The summed E-state index contributed by atoms with van der Waals surface area (Å²) in [6, 6.07) is 13.1. The first kappa shape index (κ1) is 18.0. The number of carbonyl (C=O) groups is 1. The number of hydrogen-bond donors (Lipinski definition) is 2. The lowest BCUT2D eigenvalue weighted by Gasteiger charge is -2.37. The van der Waals surface area contributed by atoms with Crippen molar-refractivity contribution in [2.75, 3.05) is 5.32 Å². The second-order valence-electron chi connectivity index (χ2n) is 7.51. The number of fused-ring (bicyclic) bond motifs is 1. The number of para-hydroxylation sites is 1. The molecule has 0 aliphatic carbocycles. The molecule has 4 rings (SSSR count). The Bertz CT molecular complexity index is 968. The van der Waals surface area contributed by atoms with Crippen molar-refractivity contribution in [1.82, 2.24) is 20.1 Å². The van der Waals surface area contributed by atoms with E-state index >= 15 is 0 Å². The first-order chi connectivity index (χ1) is 13.5. The molecular formula is C21H23N5O2. The first-order valence-corrected chi connectivity index (χ1v) is 9.26. The topological polar surface area (TPSA) is 81.1 Å². The van der Waals surface area contributed by atoms with Crippen molar-refractivity contribution >= 4 is 11.8 Å². The van der Waals surface area contributed by atoms with Gasteiger partial charge in [-0.15, -0.1) is 0 Å². The lowest BCUT2D eigenvalue weighted by molar-refractivity contribution is 0.0683. The molecule has 1 aliphatic rings. The van der Waals surface area contributed by atoms with Gasteiger partial charge in [-0.2, -0.15) is 5.10 Å². The summed E-state index contributed by atoms with van der Waals surface area (Å²) in [5.41, 5.74) is 1.73. The van der Waals surface area contributed by atoms with E-state index in [1.165, 1.54) is 0 Å². The lowest BCUT2D eigenvalue weighted by atomic mass is 9.90. The minimum Gasteiger partial charge on any atom is -0.487 e. The summed E-state index contributed by atoms with van der Waals surface area (Å²) in [6.45, 7) is 4.67. The number of ether oxygens (including phenoxy) is 1. The normalized spacial score (nSPS) is 17.3. The van der Waals surface area contributed by atoms with E-state index in [-0.39, 0.29) is 17.7 Å². The minimum atomic E-state index is -0.349. The maximum atomic E-state index is 12.5. The summed E-state index contributed by atoms with van der Waals surface area (Å²) < 4.78 is 7.79. The summed E-state index contributed by atoms with van der Waals surface area (Å²) in [6.07, 6.45) is 6.02. The van der Waals surface area contributed by atoms with Gasteiger partial charge in [-0.05, 0) is 37.6 Å². The van der Waals surface area contributed by atoms with E-state index < -0.39 is 0 Å². The fourth-order valence-corrected chi connectivity index (χ4v) is 3.43. The van der Waals surface area contributed by atoms with Crippen molar-refractivity contribution in [3.63, 3.8) is 0 Å². The van der Waals surface area contributed by atoms with Gasteiger partial charge in [-0.25, -0.2) is 4.79 Å². The van der Waals surface area contributed by atoms with Gasteiger partial charge in [-0.1, -0.05) is 18.2 Å². The second kappa shape index (κ2) is 7.34. The number of anilines is 1. The maximum absolute atomic E-state index is 12.5. The highest BCUT2D eigenvalue weighted by molar-refractivity contribution is 5.88. The molecule has 1 aliphatic heterocycles. The third kappa shape index (κ3) is 4.14. The molecule has 3 aromatic rings. The van der Waals surface area contributed by atoms with Crippen LogP contribution in [0.1, 0.15) is 37.4 Å². The molecule has 0 saturated heterocycles. The Morgan fingerprint density at radius 3 is 2.82 bits per heavy atom. The number of aromatic nitrogens is 3. The van der Waals surface area contributed by atoms with Crippen LogP contribution in [0.25, 0.3) is 0 Å². The Morgan fingerprint density at radius 2 is 2.00 bits per heavy atom. The van der Waals surface area contributed by atoms with Crippen LogP contribution in [0, 0.1) is 0 Å². The van der Waals surface area contributed by atoms with Gasteiger partial charge in [0.1, 0.15) is 11.4 Å². The summed E-state index contributed by atoms with van der Waals surface area (Å²) >= 11 is 0. The van der Waals surface area contributed by atoms with Crippen LogP contribution in [0.2, 0.25) is 0 Å². The molecule has 7 heteroatoms. The summed E-state index contributed by atoms with van der Waals surface area (Å²) in [7, 11) is 0. The quantitative estimate of drug-likeness (QED) is 0.726. The lowest BCUT2D eigenvalue weighted by Crippen LogP contribution is -2.42. The van der Waals surface area contributed by atoms with Crippen LogP contribution in [0.3, 0.4) is 0 Å². The molecule has 7 nitrogen and oxygen atoms in total. The molecule has 2 amide bonds. The van der Waals surface area contributed by atoms with E-state index in [2.05, 4.69) is 20.7 Å². The van der Waals surface area contributed by atoms with Crippen molar-refractivity contribution in [1.29, 1.82) is 0 Å². The number of carbonyl (C=O) groups excluding carboxylic acids is 1. The number of benzene rings is 1. The Labute approximate surface area is 163 Å². The summed E-state index contributed by atoms with van der Waals surface area (Å²) in [5, 5.41) is 10.3. The fraction of sp³-hybridized carbons (Fsp3) is 0.286. The smallest absolute Gasteiger partial charge is 0.320 e. The number of hydrogen-bond acceptors (Lipinski definition) is 4. The Kier molecular flexibility index (Phi) is 4.73. The number of nitrogens with one attached hydrogen (secondary N) is 2. The molecule has 0 spiro atoms. The highest BCUT2D eigenvalue weighted by Crippen LogP contribution is 2.39. The SMILES string of the molecule is CC1(C)CC(NC(=O)Nc2ccn(Cc3ccncc3)n2)c2ccccc2O1. The molecule has 2 aromatic heterocycles. The average molecular weight is 377 g/mol. The molecular weight excluding hydrogens is 354 g/mol. The third-order valence-electron chi connectivity index (χ3n) is 4.66. The van der Waals surface area contributed by atoms with Gasteiger partial charge in [0.05, 0.1) is 12.6 Å². The van der Waals surface area contributed by atoms with Crippen molar-refractivity contribution in [3.8, 4) is 5.75 Å². The van der Waals surface area contributed by atoms with Crippen molar-refractivity contribution in [2.45, 2.75) is 38.5 Å². The highest BCUT2D eigenvalue weighted by Gasteiger charge is 2.34. The minimum absolute atomic E-state index is 0.126. The van der Waals surface area contributed by atoms with Crippen molar-refractivity contribution in [3.05, 3.63) is 72.2 Å². The predicted molar refractivity (Wildman–Crippen MR) is 106 cm³/mol. The van der Waals surface area contributed by atoms with Gasteiger partial charge in [0.15, 0.2) is 5.82 Å². The zero-order chi connectivity index (χ0) is 19.6. The maximum Gasteiger partial charge on any atom is 0.320 e. The third-order valence-corrected chi connectivity index (χ3v) is 4.66. The number of nitrogens with zero attached hydrogens (tertiary/aromatic N) is 3. The van der Waals surface area contributed by atoms with Crippen molar-refractivity contribution < 1.29 is 9.53 Å². The summed E-state index contributed by atoms with van der Waals surface area (Å²) in [5.74, 6) is 1.32. The fourth-order valence-electron chi connectivity index (χ4n) is 3.43. The van der Waals surface area contributed by atoms with Crippen LogP contribution in [0.4, 0.5) is 10.6 Å². The number of amides is 2. The van der Waals surface area contributed by atoms with Crippen LogP contribution in [0.5, 0.6) is 5.75 Å². The van der Waals surface area contributed by atoms with Crippen LogP contribution >= 0.6 is 0 Å². The van der Waals surface area contributed by atoms with E-state index in [1.54, 1.807) is 23.1 Å². The molecule has 0 radical (unpaired) electrons. The van der Waals surface area contributed by atoms with E-state index in [9.17, 15) is 4.79 Å². The predicted octanol–water partition coefficient (Wildman–Crippen LogP) is 3.75. The molecule has 0 fully saturated rings. The van der Waals surface area contributed by atoms with Gasteiger partial charge in [0.2, 0.25) is 0 Å². The molecule has 1 atom stereocenters. The molecule has 1 unspecified atom stereocenters. The van der Waals surface area contributed by atoms with Gasteiger partial charge in [0, 0.05) is 36.6 Å². The van der Waals surface area contributed by atoms with E-state index in [1.807, 2.05) is 56.4 Å². The van der Waals surface area contributed by atoms with Crippen molar-refractivity contribution in [2.24, 2.45) is 0 Å². The monoisotopic (exact) mass is 377 g/mol. The standard InChI is InChI=1S/C21H23N5O2/c1-21(2)13-17(16-5-3-4-6-18(16)28-21)23-20(27)24-19-9-12-26(25-19)14-15-7-10-22-11-8-15/h3-12,17H,13-14H2,1-2H3,(H2,23,24,25,27). The Morgan fingerprint density at radius 1 is 1.21 bits per heavy atom. The number of urea groups is 1. The van der Waals surface area contributed by atoms with Crippen LogP contribution < -0.4 is 15.4 Å². The van der Waals surface area contributed by atoms with Crippen LogP contribution in [-0.2, 0) is 6.54 Å². The van der Waals surface area contributed by atoms with Crippen LogP contribution in [-0.4, -0.2) is 26.4 Å². The molecule has 3 heterocycles. The summed E-state index contributed by atoms with van der Waals surface area (Å²) in [4.78, 5) is 16.6. The molecule has 144 valence electrons. The van der Waals surface area contributed by atoms with Gasteiger partial charge in [-0.3, -0.25) is 15.0 Å². The van der Waals surface area contributed by atoms with Gasteiger partial charge < -0.3 is 10.1 Å². The van der Waals surface area contributed by atoms with Gasteiger partial charge >= 0.3 is 6.03 Å². The van der Waals surface area contributed by atoms with E-state index in [0.717, 1.165) is 16.9 Å². The highest BCUT2D eigenvalue weighted by atomic mass is 16.5. The van der Waals surface area contributed by atoms with E-state index in [0.29, 0.717) is 18.8 Å². The van der Waals surface area contributed by atoms with Crippen LogP contribution in [0.15, 0.2) is 61.1 Å².